The average Bonchev–Trinajstić information content (AvgIpc) is 2.93. The van der Waals surface area contributed by atoms with Gasteiger partial charge in [0.15, 0.2) is 11.6 Å². The summed E-state index contributed by atoms with van der Waals surface area (Å²) in [6, 6.07) is 5.60. The third kappa shape index (κ3) is 11.7. The lowest BCUT2D eigenvalue weighted by Crippen LogP contribution is -2.49. The largest absolute Gasteiger partial charge is 0.400 e. The van der Waals surface area contributed by atoms with Crippen molar-refractivity contribution in [2.45, 2.75) is 85.4 Å². The van der Waals surface area contributed by atoms with E-state index < -0.39 is 23.4 Å². The third-order valence-corrected chi connectivity index (χ3v) is 6.99. The zero-order chi connectivity index (χ0) is 30.2. The van der Waals surface area contributed by atoms with E-state index in [1.54, 1.807) is 6.07 Å². The van der Waals surface area contributed by atoms with E-state index in [4.69, 9.17) is 11.5 Å². The molecule has 0 bridgehead atoms. The van der Waals surface area contributed by atoms with Gasteiger partial charge in [0.25, 0.3) is 11.8 Å². The molecule has 0 saturated carbocycles. The predicted octanol–water partition coefficient (Wildman–Crippen LogP) is 3.77. The van der Waals surface area contributed by atoms with Gasteiger partial charge in [-0.25, -0.2) is 8.78 Å². The molecule has 10 heteroatoms. The maximum atomic E-state index is 13.4. The number of hydrogen-bond acceptors (Lipinski definition) is 6. The quantitative estimate of drug-likeness (QED) is 0.271. The molecule has 2 rings (SSSR count). The van der Waals surface area contributed by atoms with Crippen LogP contribution < -0.4 is 22.1 Å². The third-order valence-electron chi connectivity index (χ3n) is 6.99. The summed E-state index contributed by atoms with van der Waals surface area (Å²) in [4.78, 5) is 28.0. The number of nitrogens with one attached hydrogen (secondary N) is 2. The molecule has 0 spiro atoms. The van der Waals surface area contributed by atoms with Crippen molar-refractivity contribution in [2.24, 2.45) is 11.5 Å². The molecule has 0 aliphatic carbocycles. The molecule has 1 aromatic rings. The standard InChI is InChI=1S/C20H32F2N2.C10H18N4O2/c1-4-11-24(17(5-2)6-3)18-9-12-23(13-10-18)15-16-7-8-19(21)20(22)14-16;1-6(2)9(15)14-8(7(3)12)10(16)13-5-4-11/h7-8,14,17-18H,4-6,9-13,15H2,1-3H3;1,4-5,11-12H2,2-3H3,(H,13,16)(H,14,15)/b;8-7+. The van der Waals surface area contributed by atoms with Crippen LogP contribution in [0.25, 0.3) is 0 Å². The fraction of sp³-hybridized carbons (Fsp3) is 0.600. The van der Waals surface area contributed by atoms with Gasteiger partial charge >= 0.3 is 0 Å². The van der Waals surface area contributed by atoms with Gasteiger partial charge in [-0.05, 0) is 83.3 Å². The van der Waals surface area contributed by atoms with Gasteiger partial charge in [-0.1, -0.05) is 33.4 Å². The molecule has 1 aliphatic rings. The van der Waals surface area contributed by atoms with Crippen LogP contribution in [0.5, 0.6) is 0 Å². The van der Waals surface area contributed by atoms with Crippen LogP contribution in [0, 0.1) is 11.6 Å². The second-order valence-electron chi connectivity index (χ2n) is 10.3. The van der Waals surface area contributed by atoms with E-state index in [1.165, 1.54) is 64.6 Å². The Bertz CT molecular complexity index is 984. The zero-order valence-corrected chi connectivity index (χ0v) is 25.0. The number of likely N-dealkylation sites (tertiary alicyclic amines) is 1. The van der Waals surface area contributed by atoms with Crippen LogP contribution in [-0.4, -0.2) is 66.4 Å². The first kappa shape index (κ1) is 35.2. The average molecular weight is 565 g/mol. The highest BCUT2D eigenvalue weighted by Crippen LogP contribution is 2.23. The summed E-state index contributed by atoms with van der Waals surface area (Å²) in [5, 5.41) is 4.90. The number of piperidine rings is 1. The summed E-state index contributed by atoms with van der Waals surface area (Å²) in [5.41, 5.74) is 12.2. The first-order valence-corrected chi connectivity index (χ1v) is 14.3. The Morgan fingerprint density at radius 2 is 1.73 bits per heavy atom. The molecule has 226 valence electrons. The first-order valence-electron chi connectivity index (χ1n) is 14.3. The minimum atomic E-state index is -0.766. The molecule has 40 heavy (non-hydrogen) atoms. The van der Waals surface area contributed by atoms with Crippen LogP contribution in [0.4, 0.5) is 8.78 Å². The molecule has 0 atom stereocenters. The smallest absolute Gasteiger partial charge is 0.269 e. The Balaban J connectivity index is 0.000000437. The topological polar surface area (TPSA) is 117 Å². The van der Waals surface area contributed by atoms with Gasteiger partial charge in [0, 0.05) is 43.0 Å². The second kappa shape index (κ2) is 18.5. The molecular formula is C30H50F2N6O2. The maximum Gasteiger partial charge on any atom is 0.269 e. The van der Waals surface area contributed by atoms with E-state index in [2.05, 4.69) is 47.8 Å². The lowest BCUT2D eigenvalue weighted by atomic mass is 9.98. The fourth-order valence-corrected chi connectivity index (χ4v) is 4.81. The summed E-state index contributed by atoms with van der Waals surface area (Å²) in [5.74, 6) is -2.41. The Kier molecular flexibility index (Phi) is 16.3. The molecule has 0 aromatic heterocycles. The highest BCUT2D eigenvalue weighted by atomic mass is 19.2. The number of rotatable bonds is 13. The van der Waals surface area contributed by atoms with Crippen LogP contribution >= 0.6 is 0 Å². The number of carbonyl (C=O) groups excluding carboxylic acids is 2. The van der Waals surface area contributed by atoms with Crippen LogP contribution in [-0.2, 0) is 16.1 Å². The number of allylic oxidation sites excluding steroid dienone is 1. The minimum absolute atomic E-state index is 0.0291. The molecule has 8 nitrogen and oxygen atoms in total. The number of nitrogens with two attached hydrogens (primary N) is 2. The summed E-state index contributed by atoms with van der Waals surface area (Å²) >= 11 is 0. The second-order valence-corrected chi connectivity index (χ2v) is 10.3. The molecular weight excluding hydrogens is 514 g/mol. The first-order chi connectivity index (χ1) is 19.0. The van der Waals surface area contributed by atoms with Gasteiger partial charge in [0.2, 0.25) is 0 Å². The molecule has 1 saturated heterocycles. The number of carbonyl (C=O) groups is 2. The minimum Gasteiger partial charge on any atom is -0.400 e. The van der Waals surface area contributed by atoms with Gasteiger partial charge in [0.1, 0.15) is 5.70 Å². The lowest BCUT2D eigenvalue weighted by Gasteiger charge is -2.42. The van der Waals surface area contributed by atoms with Crippen molar-refractivity contribution in [1.82, 2.24) is 20.4 Å². The molecule has 1 fully saturated rings. The monoisotopic (exact) mass is 564 g/mol. The summed E-state index contributed by atoms with van der Waals surface area (Å²) in [7, 11) is 0. The van der Waals surface area contributed by atoms with Crippen LogP contribution in [0.15, 0.2) is 41.7 Å². The highest BCUT2D eigenvalue weighted by Gasteiger charge is 2.27. The number of halogens is 2. The van der Waals surface area contributed by atoms with Crippen molar-refractivity contribution in [3.63, 3.8) is 0 Å². The van der Waals surface area contributed by atoms with Crippen LogP contribution in [0.2, 0.25) is 0 Å². The zero-order valence-electron chi connectivity index (χ0n) is 25.0. The number of nitrogens with zero attached hydrogens (tertiary/aromatic N) is 2. The van der Waals surface area contributed by atoms with Gasteiger partial charge in [-0.2, -0.15) is 0 Å². The molecule has 2 amide bonds. The summed E-state index contributed by atoms with van der Waals surface area (Å²) < 4.78 is 26.4. The fourth-order valence-electron chi connectivity index (χ4n) is 4.81. The van der Waals surface area contributed by atoms with Crippen molar-refractivity contribution in [2.75, 3.05) is 32.7 Å². The number of amides is 2. The van der Waals surface area contributed by atoms with E-state index in [0.29, 0.717) is 37.3 Å². The van der Waals surface area contributed by atoms with E-state index in [0.717, 1.165) is 18.7 Å². The van der Waals surface area contributed by atoms with Gasteiger partial charge in [-0.3, -0.25) is 19.4 Å². The number of hydrogen-bond donors (Lipinski definition) is 4. The van der Waals surface area contributed by atoms with Crippen molar-refractivity contribution in [1.29, 1.82) is 0 Å². The molecule has 0 unspecified atom stereocenters. The Morgan fingerprint density at radius 3 is 2.20 bits per heavy atom. The molecule has 1 aromatic carbocycles. The molecule has 0 radical (unpaired) electrons. The Labute approximate surface area is 239 Å². The Morgan fingerprint density at radius 1 is 1.10 bits per heavy atom. The highest BCUT2D eigenvalue weighted by molar-refractivity contribution is 6.02. The van der Waals surface area contributed by atoms with Gasteiger partial charge < -0.3 is 22.1 Å². The summed E-state index contributed by atoms with van der Waals surface area (Å²) in [6.45, 7) is 17.9. The molecule has 6 N–H and O–H groups in total. The SMILES string of the molecule is C=C(C)C(=O)N/C(C(=O)NCCN)=C(\C)N.CCCN(C(CC)CC)C1CCN(Cc2ccc(F)c(F)c2)CC1. The van der Waals surface area contributed by atoms with E-state index in [9.17, 15) is 18.4 Å². The van der Waals surface area contributed by atoms with E-state index >= 15 is 0 Å². The van der Waals surface area contributed by atoms with Crippen molar-refractivity contribution in [3.8, 4) is 0 Å². The van der Waals surface area contributed by atoms with Crippen LogP contribution in [0.1, 0.15) is 72.3 Å². The van der Waals surface area contributed by atoms with Crippen molar-refractivity contribution < 1.29 is 18.4 Å². The van der Waals surface area contributed by atoms with Gasteiger partial charge in [0.05, 0.1) is 0 Å². The maximum absolute atomic E-state index is 13.4. The number of benzene rings is 1. The molecule has 1 aliphatic heterocycles. The van der Waals surface area contributed by atoms with E-state index in [-0.39, 0.29) is 11.4 Å². The Hall–Kier alpha value is -2.82. The van der Waals surface area contributed by atoms with Crippen molar-refractivity contribution in [3.05, 3.63) is 58.9 Å². The summed E-state index contributed by atoms with van der Waals surface area (Å²) in [6.07, 6.45) is 5.96. The van der Waals surface area contributed by atoms with Crippen LogP contribution in [0.3, 0.4) is 0 Å². The normalized spacial score (nSPS) is 14.8. The predicted molar refractivity (Wildman–Crippen MR) is 158 cm³/mol. The van der Waals surface area contributed by atoms with Gasteiger partial charge in [-0.15, -0.1) is 0 Å². The van der Waals surface area contributed by atoms with E-state index in [1.807, 2.05) is 0 Å². The molecule has 1 heterocycles. The van der Waals surface area contributed by atoms with Crippen molar-refractivity contribution >= 4 is 11.8 Å². The lowest BCUT2D eigenvalue weighted by molar-refractivity contribution is -0.121.